The zero-order valence-electron chi connectivity index (χ0n) is 23.0. The van der Waals surface area contributed by atoms with Gasteiger partial charge in [-0.3, -0.25) is 4.79 Å². The first-order chi connectivity index (χ1) is 19.2. The Morgan fingerprint density at radius 3 is 1.79 bits per heavy atom. The predicted molar refractivity (Wildman–Crippen MR) is 164 cm³/mol. The quantitative estimate of drug-likeness (QED) is 0.199. The average molecular weight is 546 g/mol. The first-order valence-corrected chi connectivity index (χ1v) is 15.2. The summed E-state index contributed by atoms with van der Waals surface area (Å²) in [6.07, 6.45) is 14.9. The number of anilines is 1. The molecular formula is C33H41BClNO3. The lowest BCUT2D eigenvalue weighted by atomic mass is 9.73. The van der Waals surface area contributed by atoms with E-state index in [2.05, 4.69) is 0 Å². The number of ether oxygens (including phenoxy) is 1. The van der Waals surface area contributed by atoms with Crippen molar-refractivity contribution >= 4 is 30.7 Å². The molecule has 1 aliphatic carbocycles. The standard InChI is InChI=1S/C33H41BClNO3/c35-25-33(37)36(26-27-13-9-8-10-14-27)29-17-19-30(20-18-29)38-31-21-23-32(24-22-31)39-34-28-15-11-6-4-2-1-3-5-7-12-16-28/h8-10,13-14,17-24,28,34H,1-7,11-12,15-16,25-26H2. The van der Waals surface area contributed by atoms with Gasteiger partial charge < -0.3 is 14.3 Å². The van der Waals surface area contributed by atoms with E-state index in [4.69, 9.17) is 21.0 Å². The van der Waals surface area contributed by atoms with Gasteiger partial charge in [-0.2, -0.15) is 0 Å². The fourth-order valence-corrected chi connectivity index (χ4v) is 5.37. The third-order valence-corrected chi connectivity index (χ3v) is 7.75. The number of benzene rings is 3. The van der Waals surface area contributed by atoms with Crippen molar-refractivity contribution in [1.82, 2.24) is 0 Å². The van der Waals surface area contributed by atoms with E-state index in [1.54, 1.807) is 4.90 Å². The number of halogens is 1. The number of hydrogen-bond acceptors (Lipinski definition) is 3. The number of hydrogen-bond donors (Lipinski definition) is 0. The highest BCUT2D eigenvalue weighted by atomic mass is 35.5. The minimum atomic E-state index is -0.138. The normalized spacial score (nSPS) is 15.4. The van der Waals surface area contributed by atoms with E-state index in [1.807, 2.05) is 78.9 Å². The molecule has 0 aliphatic heterocycles. The van der Waals surface area contributed by atoms with Gasteiger partial charge in [-0.15, -0.1) is 11.6 Å². The molecule has 1 saturated carbocycles. The molecule has 1 aliphatic rings. The minimum Gasteiger partial charge on any atom is -0.564 e. The van der Waals surface area contributed by atoms with E-state index in [1.165, 1.54) is 70.6 Å². The maximum Gasteiger partial charge on any atom is 0.343 e. The Morgan fingerprint density at radius 1 is 0.718 bits per heavy atom. The lowest BCUT2D eigenvalue weighted by Gasteiger charge is -2.22. The van der Waals surface area contributed by atoms with Crippen molar-refractivity contribution in [1.29, 1.82) is 0 Å². The highest BCUT2D eigenvalue weighted by molar-refractivity contribution is 6.30. The summed E-state index contributed by atoms with van der Waals surface area (Å²) in [4.78, 5) is 14.2. The molecule has 0 unspecified atom stereocenters. The molecule has 0 saturated heterocycles. The van der Waals surface area contributed by atoms with E-state index in [0.717, 1.165) is 30.2 Å². The molecule has 0 bridgehead atoms. The van der Waals surface area contributed by atoms with Crippen LogP contribution in [0.3, 0.4) is 0 Å². The number of alkyl halides is 1. The van der Waals surface area contributed by atoms with Crippen molar-refractivity contribution in [2.45, 2.75) is 83.0 Å². The molecule has 0 aromatic heterocycles. The predicted octanol–water partition coefficient (Wildman–Crippen LogP) is 9.07. The van der Waals surface area contributed by atoms with E-state index in [-0.39, 0.29) is 11.8 Å². The van der Waals surface area contributed by atoms with Gasteiger partial charge in [-0.1, -0.05) is 101 Å². The molecule has 3 aromatic carbocycles. The van der Waals surface area contributed by atoms with Crippen LogP contribution in [0.5, 0.6) is 17.2 Å². The summed E-state index contributed by atoms with van der Waals surface area (Å²) < 4.78 is 12.3. The van der Waals surface area contributed by atoms with Crippen LogP contribution in [0.4, 0.5) is 5.69 Å². The Hall–Kier alpha value is -2.92. The maximum atomic E-state index is 12.5. The third-order valence-electron chi connectivity index (χ3n) is 7.52. The molecule has 0 radical (unpaired) electrons. The van der Waals surface area contributed by atoms with Crippen molar-refractivity contribution in [2.75, 3.05) is 10.8 Å². The van der Waals surface area contributed by atoms with Crippen LogP contribution in [0.25, 0.3) is 0 Å². The summed E-state index contributed by atoms with van der Waals surface area (Å²) in [6, 6.07) is 25.3. The zero-order valence-corrected chi connectivity index (χ0v) is 23.8. The second-order valence-corrected chi connectivity index (χ2v) is 10.9. The lowest BCUT2D eigenvalue weighted by Crippen LogP contribution is -2.31. The van der Waals surface area contributed by atoms with Gasteiger partial charge in [0.25, 0.3) is 0 Å². The molecule has 1 fully saturated rings. The highest BCUT2D eigenvalue weighted by Gasteiger charge is 2.16. The van der Waals surface area contributed by atoms with Gasteiger partial charge in [-0.25, -0.2) is 0 Å². The molecular weight excluding hydrogens is 505 g/mol. The van der Waals surface area contributed by atoms with Gasteiger partial charge in [-0.05, 0) is 59.9 Å². The van der Waals surface area contributed by atoms with Crippen LogP contribution < -0.4 is 14.3 Å². The molecule has 206 valence electrons. The lowest BCUT2D eigenvalue weighted by molar-refractivity contribution is -0.116. The van der Waals surface area contributed by atoms with E-state index in [9.17, 15) is 4.79 Å². The fourth-order valence-electron chi connectivity index (χ4n) is 5.22. The summed E-state index contributed by atoms with van der Waals surface area (Å²) in [7, 11) is 0.794. The van der Waals surface area contributed by atoms with Crippen LogP contribution in [0, 0.1) is 0 Å². The van der Waals surface area contributed by atoms with Gasteiger partial charge in [0.1, 0.15) is 17.4 Å². The zero-order chi connectivity index (χ0) is 27.1. The molecule has 0 atom stereocenters. The summed E-state index contributed by atoms with van der Waals surface area (Å²) in [5, 5.41) is 0. The van der Waals surface area contributed by atoms with Crippen LogP contribution in [-0.2, 0) is 11.3 Å². The number of carbonyl (C=O) groups excluding carboxylic acids is 1. The highest BCUT2D eigenvalue weighted by Crippen LogP contribution is 2.29. The second kappa shape index (κ2) is 16.2. The molecule has 3 aromatic rings. The average Bonchev–Trinajstić information content (AvgIpc) is 2.97. The van der Waals surface area contributed by atoms with Crippen molar-refractivity contribution in [3.63, 3.8) is 0 Å². The van der Waals surface area contributed by atoms with E-state index in [0.29, 0.717) is 18.1 Å². The molecule has 4 nitrogen and oxygen atoms in total. The Balaban J connectivity index is 1.29. The van der Waals surface area contributed by atoms with Crippen molar-refractivity contribution in [3.05, 3.63) is 84.4 Å². The SMILES string of the molecule is O=C(CCl)N(Cc1ccccc1)c1ccc(Oc2ccc(OBC3CCCCCCCCCCC3)cc2)cc1. The third kappa shape index (κ3) is 9.96. The van der Waals surface area contributed by atoms with Crippen LogP contribution in [0.1, 0.15) is 76.2 Å². The number of carbonyl (C=O) groups is 1. The van der Waals surface area contributed by atoms with Gasteiger partial charge in [0.05, 0.1) is 12.3 Å². The number of nitrogens with zero attached hydrogens (tertiary/aromatic N) is 1. The van der Waals surface area contributed by atoms with Crippen molar-refractivity contribution < 1.29 is 14.2 Å². The Morgan fingerprint density at radius 2 is 1.23 bits per heavy atom. The summed E-state index contributed by atoms with van der Waals surface area (Å²) in [5.41, 5.74) is 1.83. The number of rotatable bonds is 9. The Labute approximate surface area is 239 Å². The van der Waals surface area contributed by atoms with Gasteiger partial charge in [0.2, 0.25) is 5.91 Å². The Bertz CT molecular complexity index is 1100. The summed E-state index contributed by atoms with van der Waals surface area (Å²) in [5.74, 6) is 2.78. The largest absolute Gasteiger partial charge is 0.564 e. The first kappa shape index (κ1) is 29.1. The smallest absolute Gasteiger partial charge is 0.343 e. The van der Waals surface area contributed by atoms with Gasteiger partial charge in [0, 0.05) is 5.69 Å². The van der Waals surface area contributed by atoms with Crippen LogP contribution in [0.15, 0.2) is 78.9 Å². The van der Waals surface area contributed by atoms with Crippen molar-refractivity contribution in [2.24, 2.45) is 0 Å². The second-order valence-electron chi connectivity index (χ2n) is 10.6. The van der Waals surface area contributed by atoms with Crippen molar-refractivity contribution in [3.8, 4) is 17.2 Å². The molecule has 1 amide bonds. The van der Waals surface area contributed by atoms with E-state index >= 15 is 0 Å². The van der Waals surface area contributed by atoms with Gasteiger partial charge >= 0.3 is 7.48 Å². The van der Waals surface area contributed by atoms with Crippen LogP contribution in [-0.4, -0.2) is 19.3 Å². The van der Waals surface area contributed by atoms with Crippen LogP contribution >= 0.6 is 11.6 Å². The molecule has 39 heavy (non-hydrogen) atoms. The molecule has 0 N–H and O–H groups in total. The summed E-state index contributed by atoms with van der Waals surface area (Å²) >= 11 is 5.89. The van der Waals surface area contributed by atoms with E-state index < -0.39 is 0 Å². The van der Waals surface area contributed by atoms with Gasteiger partial charge in [0.15, 0.2) is 0 Å². The molecule has 4 rings (SSSR count). The first-order valence-electron chi connectivity index (χ1n) is 14.6. The molecule has 0 spiro atoms. The number of amides is 1. The monoisotopic (exact) mass is 545 g/mol. The summed E-state index contributed by atoms with van der Waals surface area (Å²) in [6.45, 7) is 0.467. The Kier molecular flexibility index (Phi) is 12.1. The topological polar surface area (TPSA) is 38.8 Å². The molecule has 6 heteroatoms. The maximum absolute atomic E-state index is 12.5. The van der Waals surface area contributed by atoms with Crippen LogP contribution in [0.2, 0.25) is 5.82 Å². The minimum absolute atomic E-state index is 0.0692. The fraction of sp³-hybridized carbons (Fsp3) is 0.424. The molecule has 0 heterocycles.